The average Bonchev–Trinajstić information content (AvgIpc) is 2.95. The summed E-state index contributed by atoms with van der Waals surface area (Å²) in [5.41, 5.74) is 1.92. The predicted molar refractivity (Wildman–Crippen MR) is 96.4 cm³/mol. The van der Waals surface area contributed by atoms with Gasteiger partial charge in [0.15, 0.2) is 14.5 Å². The predicted octanol–water partition coefficient (Wildman–Crippen LogP) is 5.10. The molecule has 1 unspecified atom stereocenters. The summed E-state index contributed by atoms with van der Waals surface area (Å²) >= 11 is 4.82. The molecule has 0 saturated carbocycles. The molecule has 2 aromatic rings. The molecular weight excluding hydrogens is 332 g/mol. The van der Waals surface area contributed by atoms with Gasteiger partial charge in [-0.25, -0.2) is 0 Å². The van der Waals surface area contributed by atoms with Gasteiger partial charge in [0.25, 0.3) is 0 Å². The lowest BCUT2D eigenvalue weighted by Gasteiger charge is -2.08. The normalized spacial score (nSPS) is 12.3. The average molecular weight is 353 g/mol. The topological polar surface area (TPSA) is 42.9 Å². The number of Topliss-reactive ketones (excluding diaryl/α,β-unsaturated/α-hetero) is 1. The molecule has 0 radical (unpaired) electrons. The quantitative estimate of drug-likeness (QED) is 0.375. The number of carbonyl (C=O) groups is 1. The molecule has 0 bridgehead atoms. The summed E-state index contributed by atoms with van der Waals surface area (Å²) in [6.07, 6.45) is 2.38. The van der Waals surface area contributed by atoms with E-state index in [1.807, 2.05) is 38.1 Å². The molecule has 2 rings (SSSR count). The van der Waals surface area contributed by atoms with Crippen LogP contribution in [0, 0.1) is 6.92 Å². The maximum atomic E-state index is 12.4. The molecule has 22 heavy (non-hydrogen) atoms. The molecule has 1 aromatic carbocycles. The first-order valence-electron chi connectivity index (χ1n) is 7.34. The van der Waals surface area contributed by atoms with Crippen LogP contribution in [0.5, 0.6) is 0 Å². The molecule has 0 saturated heterocycles. The molecule has 3 nitrogen and oxygen atoms in total. The minimum absolute atomic E-state index is 0.139. The number of ketones is 1. The number of thioether (sulfide) groups is 2. The zero-order valence-electron chi connectivity index (χ0n) is 13.0. The van der Waals surface area contributed by atoms with Gasteiger partial charge in [0, 0.05) is 11.3 Å². The van der Waals surface area contributed by atoms with E-state index in [1.54, 1.807) is 23.1 Å². The van der Waals surface area contributed by atoms with Crippen molar-refractivity contribution in [3.63, 3.8) is 0 Å². The van der Waals surface area contributed by atoms with Gasteiger partial charge in [0.1, 0.15) is 0 Å². The van der Waals surface area contributed by atoms with Gasteiger partial charge < -0.3 is 0 Å². The van der Waals surface area contributed by atoms with Crippen molar-refractivity contribution in [3.8, 4) is 0 Å². The Balaban J connectivity index is 1.92. The second kappa shape index (κ2) is 8.70. The van der Waals surface area contributed by atoms with E-state index in [-0.39, 0.29) is 11.0 Å². The molecule has 6 heteroatoms. The Bertz CT molecular complexity index is 610. The molecular formula is C16H20N2OS3. The van der Waals surface area contributed by atoms with Crippen LogP contribution in [0.15, 0.2) is 32.9 Å². The number of aryl methyl sites for hydroxylation is 1. The Kier molecular flexibility index (Phi) is 6.92. The van der Waals surface area contributed by atoms with E-state index < -0.39 is 0 Å². The number of aromatic nitrogens is 2. The van der Waals surface area contributed by atoms with E-state index in [4.69, 9.17) is 0 Å². The van der Waals surface area contributed by atoms with Crippen LogP contribution in [0.25, 0.3) is 0 Å². The van der Waals surface area contributed by atoms with Crippen LogP contribution in [0.2, 0.25) is 0 Å². The highest BCUT2D eigenvalue weighted by molar-refractivity contribution is 8.03. The fourth-order valence-corrected chi connectivity index (χ4v) is 5.16. The van der Waals surface area contributed by atoms with Crippen LogP contribution < -0.4 is 0 Å². The van der Waals surface area contributed by atoms with Crippen LogP contribution >= 0.6 is 34.9 Å². The van der Waals surface area contributed by atoms with Gasteiger partial charge in [-0.05, 0) is 20.3 Å². The van der Waals surface area contributed by atoms with Crippen molar-refractivity contribution >= 4 is 40.6 Å². The number of nitrogens with zero attached hydrogens (tertiary/aromatic N) is 2. The number of benzene rings is 1. The molecule has 1 aromatic heterocycles. The summed E-state index contributed by atoms with van der Waals surface area (Å²) in [7, 11) is 0. The van der Waals surface area contributed by atoms with E-state index in [0.717, 1.165) is 25.6 Å². The maximum Gasteiger partial charge on any atom is 0.175 e. The highest BCUT2D eigenvalue weighted by Gasteiger charge is 2.18. The first kappa shape index (κ1) is 17.5. The highest BCUT2D eigenvalue weighted by atomic mass is 32.2. The smallest absolute Gasteiger partial charge is 0.175 e. The zero-order valence-corrected chi connectivity index (χ0v) is 15.5. The third-order valence-corrected chi connectivity index (χ3v) is 6.42. The highest BCUT2D eigenvalue weighted by Crippen LogP contribution is 2.32. The first-order valence-corrected chi connectivity index (χ1v) is 10.0. The van der Waals surface area contributed by atoms with Crippen LogP contribution in [-0.2, 0) is 0 Å². The number of unbranched alkanes of at least 4 members (excludes halogenated alkanes) is 1. The second-order valence-corrected chi connectivity index (χ2v) is 8.93. The van der Waals surface area contributed by atoms with Crippen LogP contribution in [-0.4, -0.2) is 27.0 Å². The van der Waals surface area contributed by atoms with Crippen molar-refractivity contribution in [1.82, 2.24) is 10.2 Å². The van der Waals surface area contributed by atoms with Crippen molar-refractivity contribution < 1.29 is 4.79 Å². The van der Waals surface area contributed by atoms with Crippen LogP contribution in [0.3, 0.4) is 0 Å². The molecule has 0 aliphatic carbocycles. The molecule has 0 fully saturated rings. The standard InChI is InChI=1S/C16H20N2OS3/c1-4-5-10-20-15-17-18-16(22-15)21-12(3)14(19)13-8-6-11(2)7-9-13/h6-9,12H,4-5,10H2,1-3H3. The number of rotatable bonds is 8. The minimum Gasteiger partial charge on any atom is -0.293 e. The lowest BCUT2D eigenvalue weighted by Crippen LogP contribution is -2.13. The second-order valence-electron chi connectivity index (χ2n) is 5.03. The van der Waals surface area contributed by atoms with Gasteiger partial charge in [-0.2, -0.15) is 0 Å². The fraction of sp³-hybridized carbons (Fsp3) is 0.438. The molecule has 0 amide bonds. The summed E-state index contributed by atoms with van der Waals surface area (Å²) in [6, 6.07) is 7.72. The van der Waals surface area contributed by atoms with Crippen molar-refractivity contribution in [2.75, 3.05) is 5.75 Å². The van der Waals surface area contributed by atoms with Gasteiger partial charge in [0.05, 0.1) is 5.25 Å². The molecule has 0 N–H and O–H groups in total. The lowest BCUT2D eigenvalue weighted by molar-refractivity contribution is 0.0994. The van der Waals surface area contributed by atoms with Crippen LogP contribution in [0.1, 0.15) is 42.6 Å². The zero-order chi connectivity index (χ0) is 15.9. The largest absolute Gasteiger partial charge is 0.293 e. The maximum absolute atomic E-state index is 12.4. The van der Waals surface area contributed by atoms with E-state index in [2.05, 4.69) is 17.1 Å². The molecule has 0 aliphatic heterocycles. The van der Waals surface area contributed by atoms with E-state index in [1.165, 1.54) is 24.6 Å². The van der Waals surface area contributed by atoms with Crippen molar-refractivity contribution in [1.29, 1.82) is 0 Å². The van der Waals surface area contributed by atoms with E-state index in [0.29, 0.717) is 0 Å². The molecule has 118 valence electrons. The summed E-state index contributed by atoms with van der Waals surface area (Å²) < 4.78 is 1.86. The Hall–Kier alpha value is -0.850. The lowest BCUT2D eigenvalue weighted by atomic mass is 10.1. The molecule has 1 atom stereocenters. The van der Waals surface area contributed by atoms with E-state index >= 15 is 0 Å². The Labute approximate surface area is 144 Å². The first-order chi connectivity index (χ1) is 10.6. The van der Waals surface area contributed by atoms with Crippen molar-refractivity contribution in [2.45, 2.75) is 47.5 Å². The number of hydrogen-bond donors (Lipinski definition) is 0. The Morgan fingerprint density at radius 2 is 1.91 bits per heavy atom. The minimum atomic E-state index is -0.149. The monoisotopic (exact) mass is 352 g/mol. The Morgan fingerprint density at radius 1 is 1.23 bits per heavy atom. The fourth-order valence-electron chi connectivity index (χ4n) is 1.76. The summed E-state index contributed by atoms with van der Waals surface area (Å²) in [4.78, 5) is 12.4. The van der Waals surface area contributed by atoms with Gasteiger partial charge in [-0.15, -0.1) is 10.2 Å². The van der Waals surface area contributed by atoms with Crippen molar-refractivity contribution in [3.05, 3.63) is 35.4 Å². The third kappa shape index (κ3) is 5.11. The number of carbonyl (C=O) groups excluding carboxylic acids is 1. The van der Waals surface area contributed by atoms with Crippen LogP contribution in [0.4, 0.5) is 0 Å². The molecule has 0 aliphatic rings. The Morgan fingerprint density at radius 3 is 2.59 bits per heavy atom. The molecule has 0 spiro atoms. The van der Waals surface area contributed by atoms with Gasteiger partial charge >= 0.3 is 0 Å². The summed E-state index contributed by atoms with van der Waals surface area (Å²) in [5.74, 6) is 1.22. The van der Waals surface area contributed by atoms with Gasteiger partial charge in [-0.1, -0.05) is 78.0 Å². The summed E-state index contributed by atoms with van der Waals surface area (Å²) in [5, 5.41) is 8.22. The van der Waals surface area contributed by atoms with E-state index in [9.17, 15) is 4.79 Å². The third-order valence-electron chi connectivity index (χ3n) is 3.09. The molecule has 1 heterocycles. The van der Waals surface area contributed by atoms with Crippen molar-refractivity contribution in [2.24, 2.45) is 0 Å². The number of hydrogen-bond acceptors (Lipinski definition) is 6. The summed E-state index contributed by atoms with van der Waals surface area (Å²) in [6.45, 7) is 6.13. The SMILES string of the molecule is CCCCSc1nnc(SC(C)C(=O)c2ccc(C)cc2)s1. The van der Waals surface area contributed by atoms with Gasteiger partial charge in [0.2, 0.25) is 0 Å². The van der Waals surface area contributed by atoms with Gasteiger partial charge in [-0.3, -0.25) is 4.79 Å².